The lowest BCUT2D eigenvalue weighted by molar-refractivity contribution is -0.140. The van der Waals surface area contributed by atoms with Gasteiger partial charge in [0.05, 0.1) is 19.3 Å². The zero-order valence-corrected chi connectivity index (χ0v) is 16.1. The first-order chi connectivity index (χ1) is 12.6. The number of anilines is 1. The summed E-state index contributed by atoms with van der Waals surface area (Å²) in [5, 5.41) is 14.7. The number of benzene rings is 1. The van der Waals surface area contributed by atoms with Crippen LogP contribution in [-0.2, 0) is 14.3 Å². The molecule has 1 aromatic heterocycles. The Labute approximate surface area is 158 Å². The van der Waals surface area contributed by atoms with Crippen LogP contribution in [0.3, 0.4) is 0 Å². The van der Waals surface area contributed by atoms with Gasteiger partial charge in [-0.05, 0) is 35.5 Å². The monoisotopic (exact) mass is 423 g/mol. The van der Waals surface area contributed by atoms with Gasteiger partial charge in [0.15, 0.2) is 0 Å². The van der Waals surface area contributed by atoms with Crippen molar-refractivity contribution in [3.05, 3.63) is 39.5 Å². The van der Waals surface area contributed by atoms with Crippen LogP contribution < -0.4 is 10.1 Å². The number of tetrazole rings is 1. The second-order valence-corrected chi connectivity index (χ2v) is 6.44. The van der Waals surface area contributed by atoms with Crippen LogP contribution in [0.1, 0.15) is 18.5 Å². The molecule has 0 saturated carbocycles. The van der Waals surface area contributed by atoms with E-state index in [-0.39, 0.29) is 6.61 Å². The molecule has 1 N–H and O–H groups in total. The summed E-state index contributed by atoms with van der Waals surface area (Å²) in [6, 6.07) is 4.95. The number of allylic oxidation sites excluding steroid dienone is 1. The van der Waals surface area contributed by atoms with Gasteiger partial charge in [0.1, 0.15) is 18.4 Å². The van der Waals surface area contributed by atoms with Crippen LogP contribution in [0.25, 0.3) is 0 Å². The summed E-state index contributed by atoms with van der Waals surface area (Å²) >= 11 is 3.47. The lowest BCUT2D eigenvalue weighted by Gasteiger charge is -2.28. The Hall–Kier alpha value is -2.46. The van der Waals surface area contributed by atoms with Gasteiger partial charge in [0.25, 0.3) is 0 Å². The number of carbonyl (C=O) groups is 1. The van der Waals surface area contributed by atoms with Crippen LogP contribution in [0.15, 0.2) is 33.9 Å². The number of aromatic nitrogens is 4. The zero-order valence-electron chi connectivity index (χ0n) is 14.5. The summed E-state index contributed by atoms with van der Waals surface area (Å²) in [5.41, 5.74) is 1.74. The van der Waals surface area contributed by atoms with E-state index in [2.05, 4.69) is 36.8 Å². The standard InChI is InChI=1S/C16H18BrN5O4/c1-9-13(15(23)26-7-6-24-2)14(22-16(18-9)19-20-21-22)11-8-10(17)4-5-12(11)25-3/h4-5,8,14H,6-7H2,1-3H3,(H,18,19,21). The molecule has 9 nitrogen and oxygen atoms in total. The fourth-order valence-electron chi connectivity index (χ4n) is 2.78. The number of hydrogen-bond donors (Lipinski definition) is 1. The fourth-order valence-corrected chi connectivity index (χ4v) is 3.16. The molecular weight excluding hydrogens is 406 g/mol. The summed E-state index contributed by atoms with van der Waals surface area (Å²) < 4.78 is 18.1. The molecule has 1 aliphatic rings. The number of halogens is 1. The van der Waals surface area contributed by atoms with Crippen molar-refractivity contribution < 1.29 is 19.0 Å². The Balaban J connectivity index is 2.09. The molecule has 1 unspecified atom stereocenters. The smallest absolute Gasteiger partial charge is 0.338 e. The molecule has 0 aliphatic carbocycles. The third-order valence-corrected chi connectivity index (χ3v) is 4.43. The molecule has 0 saturated heterocycles. The Kier molecular flexibility index (Phi) is 5.52. The molecule has 0 amide bonds. The molecule has 1 atom stereocenters. The highest BCUT2D eigenvalue weighted by Gasteiger charge is 2.36. The Morgan fingerprint density at radius 2 is 2.15 bits per heavy atom. The highest BCUT2D eigenvalue weighted by atomic mass is 79.9. The number of esters is 1. The summed E-state index contributed by atoms with van der Waals surface area (Å²) in [4.78, 5) is 12.8. The van der Waals surface area contributed by atoms with Crippen molar-refractivity contribution in [2.75, 3.05) is 32.8 Å². The summed E-state index contributed by atoms with van der Waals surface area (Å²) in [7, 11) is 3.12. The zero-order chi connectivity index (χ0) is 18.7. The minimum absolute atomic E-state index is 0.150. The first-order valence-electron chi connectivity index (χ1n) is 7.82. The molecule has 0 spiro atoms. The van der Waals surface area contributed by atoms with Gasteiger partial charge in [-0.25, -0.2) is 4.79 Å². The van der Waals surface area contributed by atoms with Crippen LogP contribution >= 0.6 is 15.9 Å². The summed E-state index contributed by atoms with van der Waals surface area (Å²) in [6.07, 6.45) is 0. The molecule has 10 heteroatoms. The van der Waals surface area contributed by atoms with E-state index in [9.17, 15) is 4.79 Å². The Bertz CT molecular complexity index is 851. The summed E-state index contributed by atoms with van der Waals surface area (Å²) in [5.74, 6) is 0.569. The second kappa shape index (κ2) is 7.83. The van der Waals surface area contributed by atoms with Crippen LogP contribution in [0.2, 0.25) is 0 Å². The molecule has 2 aromatic rings. The Morgan fingerprint density at radius 1 is 1.35 bits per heavy atom. The van der Waals surface area contributed by atoms with Crippen molar-refractivity contribution in [3.63, 3.8) is 0 Å². The van der Waals surface area contributed by atoms with E-state index in [1.807, 2.05) is 18.2 Å². The number of nitrogens with one attached hydrogen (secondary N) is 1. The van der Waals surface area contributed by atoms with Gasteiger partial charge >= 0.3 is 5.97 Å². The van der Waals surface area contributed by atoms with Crippen molar-refractivity contribution in [1.29, 1.82) is 0 Å². The lowest BCUT2D eigenvalue weighted by atomic mass is 9.95. The molecule has 0 fully saturated rings. The predicted molar refractivity (Wildman–Crippen MR) is 95.8 cm³/mol. The highest BCUT2D eigenvalue weighted by molar-refractivity contribution is 9.10. The van der Waals surface area contributed by atoms with Crippen LogP contribution in [-0.4, -0.2) is 53.6 Å². The normalized spacial score (nSPS) is 16.1. The van der Waals surface area contributed by atoms with E-state index in [1.54, 1.807) is 21.1 Å². The molecule has 1 aliphatic heterocycles. The van der Waals surface area contributed by atoms with Gasteiger partial charge < -0.3 is 19.5 Å². The van der Waals surface area contributed by atoms with Gasteiger partial charge in [-0.3, -0.25) is 0 Å². The molecular formula is C16H18BrN5O4. The van der Waals surface area contributed by atoms with Crippen molar-refractivity contribution in [2.24, 2.45) is 0 Å². The average Bonchev–Trinajstić information content (AvgIpc) is 3.08. The van der Waals surface area contributed by atoms with Crippen LogP contribution in [0.5, 0.6) is 5.75 Å². The van der Waals surface area contributed by atoms with E-state index < -0.39 is 12.0 Å². The number of nitrogens with zero attached hydrogens (tertiary/aromatic N) is 4. The molecule has 0 radical (unpaired) electrons. The fraction of sp³-hybridized carbons (Fsp3) is 0.375. The number of carbonyl (C=O) groups excluding carboxylic acids is 1. The maximum absolute atomic E-state index is 12.8. The van der Waals surface area contributed by atoms with E-state index in [1.165, 1.54) is 4.68 Å². The minimum atomic E-state index is -0.594. The van der Waals surface area contributed by atoms with Crippen molar-refractivity contribution in [3.8, 4) is 5.75 Å². The quantitative estimate of drug-likeness (QED) is 0.555. The largest absolute Gasteiger partial charge is 0.496 e. The molecule has 3 rings (SSSR count). The van der Waals surface area contributed by atoms with Crippen molar-refractivity contribution in [2.45, 2.75) is 13.0 Å². The number of rotatable bonds is 6. The molecule has 2 heterocycles. The van der Waals surface area contributed by atoms with Gasteiger partial charge in [0, 0.05) is 22.8 Å². The second-order valence-electron chi connectivity index (χ2n) is 5.53. The number of fused-ring (bicyclic) bond motifs is 1. The molecule has 26 heavy (non-hydrogen) atoms. The van der Waals surface area contributed by atoms with E-state index in [4.69, 9.17) is 14.2 Å². The minimum Gasteiger partial charge on any atom is -0.496 e. The molecule has 0 bridgehead atoms. The number of methoxy groups -OCH3 is 2. The average molecular weight is 424 g/mol. The van der Waals surface area contributed by atoms with Gasteiger partial charge in [0.2, 0.25) is 5.95 Å². The van der Waals surface area contributed by atoms with Gasteiger partial charge in [-0.15, -0.1) is 0 Å². The van der Waals surface area contributed by atoms with Gasteiger partial charge in [-0.1, -0.05) is 21.0 Å². The predicted octanol–water partition coefficient (Wildman–Crippen LogP) is 1.92. The first kappa shape index (κ1) is 18.3. The summed E-state index contributed by atoms with van der Waals surface area (Å²) in [6.45, 7) is 2.24. The van der Waals surface area contributed by atoms with Crippen LogP contribution in [0, 0.1) is 0 Å². The van der Waals surface area contributed by atoms with E-state index in [0.29, 0.717) is 29.6 Å². The van der Waals surface area contributed by atoms with Gasteiger partial charge in [-0.2, -0.15) is 4.68 Å². The maximum atomic E-state index is 12.8. The van der Waals surface area contributed by atoms with E-state index >= 15 is 0 Å². The van der Waals surface area contributed by atoms with Crippen molar-refractivity contribution in [1.82, 2.24) is 20.2 Å². The molecule has 1 aromatic carbocycles. The molecule has 138 valence electrons. The maximum Gasteiger partial charge on any atom is 0.338 e. The topological polar surface area (TPSA) is 100 Å². The Morgan fingerprint density at radius 3 is 2.88 bits per heavy atom. The number of ether oxygens (including phenoxy) is 3. The first-order valence-corrected chi connectivity index (χ1v) is 8.61. The van der Waals surface area contributed by atoms with Crippen molar-refractivity contribution >= 4 is 27.8 Å². The third kappa shape index (κ3) is 3.42. The number of hydrogen-bond acceptors (Lipinski definition) is 8. The SMILES string of the molecule is COCCOC(=O)C1=C(C)Nc2nnnn2C1c1cc(Br)ccc1OC. The lowest BCUT2D eigenvalue weighted by Crippen LogP contribution is -2.30. The van der Waals surface area contributed by atoms with E-state index in [0.717, 1.165) is 10.0 Å². The van der Waals surface area contributed by atoms with Crippen LogP contribution in [0.4, 0.5) is 5.95 Å². The highest BCUT2D eigenvalue weighted by Crippen LogP contribution is 2.39. The third-order valence-electron chi connectivity index (χ3n) is 3.94.